The van der Waals surface area contributed by atoms with Crippen LogP contribution in [0.15, 0.2) is 41.6 Å². The molecule has 3 aromatic rings. The van der Waals surface area contributed by atoms with Crippen LogP contribution in [0.1, 0.15) is 16.3 Å². The highest BCUT2D eigenvalue weighted by Crippen LogP contribution is 2.36. The number of alkyl halides is 5. The van der Waals surface area contributed by atoms with Crippen LogP contribution in [0.4, 0.5) is 27.6 Å². The quantitative estimate of drug-likeness (QED) is 0.414. The maximum Gasteiger partial charge on any atom is 0.435 e. The number of sulfonamides is 1. The molecule has 0 bridgehead atoms. The number of nitrogens with zero attached hydrogens (tertiary/aromatic N) is 5. The lowest BCUT2D eigenvalue weighted by atomic mass is 10.2. The standard InChI is InChI=1S/C21H22F5N7O3S.ClH/c1-31-16(15-11-32(12-17(22)23)30-18(15)21(24,25)26)10-28-19(31)20(34)29-13-2-4-14(5-3-13)37(35,36)33-8-6-27-7-9-33;/h2-5,10-11,17,27H,6-9,12H2,1H3,(H,29,34);1H. The predicted molar refractivity (Wildman–Crippen MR) is 129 cm³/mol. The first-order valence-electron chi connectivity index (χ1n) is 10.9. The van der Waals surface area contributed by atoms with E-state index in [9.17, 15) is 35.2 Å². The van der Waals surface area contributed by atoms with Crippen LogP contribution in [0.2, 0.25) is 0 Å². The molecule has 208 valence electrons. The highest BCUT2D eigenvalue weighted by atomic mass is 35.5. The van der Waals surface area contributed by atoms with Crippen LogP contribution in [0.3, 0.4) is 0 Å². The molecule has 10 nitrogen and oxygen atoms in total. The summed E-state index contributed by atoms with van der Waals surface area (Å²) in [5, 5.41) is 8.82. The van der Waals surface area contributed by atoms with Crippen molar-refractivity contribution < 1.29 is 35.2 Å². The molecule has 1 amide bonds. The number of amides is 1. The number of benzene rings is 1. The summed E-state index contributed by atoms with van der Waals surface area (Å²) in [5.41, 5.74) is -1.82. The Hall–Kier alpha value is -3.08. The third-order valence-corrected chi connectivity index (χ3v) is 7.56. The van der Waals surface area contributed by atoms with E-state index in [-0.39, 0.29) is 34.5 Å². The van der Waals surface area contributed by atoms with Gasteiger partial charge in [-0.1, -0.05) is 0 Å². The summed E-state index contributed by atoms with van der Waals surface area (Å²) in [7, 11) is -2.40. The van der Waals surface area contributed by atoms with Crippen molar-refractivity contribution in [2.45, 2.75) is 24.0 Å². The van der Waals surface area contributed by atoms with Crippen LogP contribution >= 0.6 is 12.4 Å². The first-order valence-corrected chi connectivity index (χ1v) is 12.4. The van der Waals surface area contributed by atoms with E-state index in [1.165, 1.54) is 35.6 Å². The molecule has 0 atom stereocenters. The van der Waals surface area contributed by atoms with Crippen molar-refractivity contribution in [1.82, 2.24) is 29.0 Å². The van der Waals surface area contributed by atoms with Gasteiger partial charge >= 0.3 is 6.18 Å². The van der Waals surface area contributed by atoms with Gasteiger partial charge < -0.3 is 15.2 Å². The van der Waals surface area contributed by atoms with Crippen molar-refractivity contribution in [3.05, 3.63) is 48.2 Å². The van der Waals surface area contributed by atoms with Crippen molar-refractivity contribution in [3.8, 4) is 11.3 Å². The normalized spacial score (nSPS) is 14.9. The molecule has 0 unspecified atom stereocenters. The number of piperazine rings is 1. The topological polar surface area (TPSA) is 114 Å². The van der Waals surface area contributed by atoms with Crippen LogP contribution in [0.5, 0.6) is 0 Å². The van der Waals surface area contributed by atoms with E-state index in [1.807, 2.05) is 0 Å². The molecule has 3 heterocycles. The van der Waals surface area contributed by atoms with Gasteiger partial charge in [0.1, 0.15) is 6.54 Å². The summed E-state index contributed by atoms with van der Waals surface area (Å²) in [6, 6.07) is 5.44. The monoisotopic (exact) mass is 583 g/mol. The maximum absolute atomic E-state index is 13.5. The largest absolute Gasteiger partial charge is 0.435 e. The molecule has 38 heavy (non-hydrogen) atoms. The molecule has 0 aliphatic carbocycles. The smallest absolute Gasteiger partial charge is 0.323 e. The molecular weight excluding hydrogens is 561 g/mol. The van der Waals surface area contributed by atoms with E-state index in [4.69, 9.17) is 0 Å². The Morgan fingerprint density at radius 1 is 1.16 bits per heavy atom. The highest BCUT2D eigenvalue weighted by molar-refractivity contribution is 7.89. The van der Waals surface area contributed by atoms with Gasteiger partial charge in [0, 0.05) is 45.1 Å². The van der Waals surface area contributed by atoms with Gasteiger partial charge in [0.2, 0.25) is 10.0 Å². The third-order valence-electron chi connectivity index (χ3n) is 5.65. The summed E-state index contributed by atoms with van der Waals surface area (Å²) >= 11 is 0. The van der Waals surface area contributed by atoms with Crippen LogP contribution < -0.4 is 10.6 Å². The lowest BCUT2D eigenvalue weighted by Crippen LogP contribution is -2.46. The van der Waals surface area contributed by atoms with Crippen LogP contribution in [0.25, 0.3) is 11.3 Å². The minimum absolute atomic E-state index is 0. The van der Waals surface area contributed by atoms with Crippen molar-refractivity contribution >= 4 is 34.0 Å². The number of carbonyl (C=O) groups excluding carboxylic acids is 1. The lowest BCUT2D eigenvalue weighted by Gasteiger charge is -2.26. The van der Waals surface area contributed by atoms with Crippen molar-refractivity contribution in [3.63, 3.8) is 0 Å². The van der Waals surface area contributed by atoms with Crippen LogP contribution in [0, 0.1) is 0 Å². The molecule has 1 saturated heterocycles. The van der Waals surface area contributed by atoms with Gasteiger partial charge in [0.15, 0.2) is 11.5 Å². The molecule has 0 saturated carbocycles. The number of hydrogen-bond donors (Lipinski definition) is 2. The maximum atomic E-state index is 13.5. The van der Waals surface area contributed by atoms with Gasteiger partial charge in [-0.25, -0.2) is 22.2 Å². The number of imidazole rings is 1. The van der Waals surface area contributed by atoms with Crippen molar-refractivity contribution in [1.29, 1.82) is 0 Å². The van der Waals surface area contributed by atoms with Gasteiger partial charge in [-0.05, 0) is 24.3 Å². The fourth-order valence-corrected chi connectivity index (χ4v) is 5.30. The molecule has 17 heteroatoms. The Balaban J connectivity index is 0.00000400. The number of aromatic nitrogens is 4. The van der Waals surface area contributed by atoms with Crippen molar-refractivity contribution in [2.75, 3.05) is 31.5 Å². The molecule has 4 rings (SSSR count). The average Bonchev–Trinajstić information content (AvgIpc) is 3.42. The molecule has 0 radical (unpaired) electrons. The molecule has 1 aliphatic rings. The van der Waals surface area contributed by atoms with E-state index < -0.39 is 46.3 Å². The van der Waals surface area contributed by atoms with E-state index >= 15 is 0 Å². The first kappa shape index (κ1) is 29.5. The molecule has 2 N–H and O–H groups in total. The number of carbonyl (C=O) groups is 1. The summed E-state index contributed by atoms with van der Waals surface area (Å²) in [4.78, 5) is 16.7. The fourth-order valence-electron chi connectivity index (χ4n) is 3.85. The molecule has 0 spiro atoms. The fraction of sp³-hybridized carbons (Fsp3) is 0.381. The van der Waals surface area contributed by atoms with Gasteiger partial charge in [-0.2, -0.15) is 22.6 Å². The zero-order valence-corrected chi connectivity index (χ0v) is 21.4. The Morgan fingerprint density at radius 2 is 1.79 bits per heavy atom. The van der Waals surface area contributed by atoms with E-state index in [1.54, 1.807) is 0 Å². The SMILES string of the molecule is Cl.Cn1c(-c2cn(CC(F)F)nc2C(F)(F)F)cnc1C(=O)Nc1ccc(S(=O)(=O)N2CCNCC2)cc1. The van der Waals surface area contributed by atoms with Gasteiger partial charge in [-0.3, -0.25) is 9.48 Å². The van der Waals surface area contributed by atoms with Gasteiger partial charge in [0.25, 0.3) is 12.3 Å². The first-order chi connectivity index (χ1) is 17.4. The molecule has 2 aromatic heterocycles. The van der Waals surface area contributed by atoms with Crippen molar-refractivity contribution in [2.24, 2.45) is 7.05 Å². The number of nitrogens with one attached hydrogen (secondary N) is 2. The summed E-state index contributed by atoms with van der Waals surface area (Å²) in [5.74, 6) is -1.04. The zero-order chi connectivity index (χ0) is 27.0. The Kier molecular flexibility index (Phi) is 8.80. The minimum Gasteiger partial charge on any atom is -0.323 e. The average molecular weight is 584 g/mol. The summed E-state index contributed by atoms with van der Waals surface area (Å²) < 4.78 is 94.3. The number of anilines is 1. The summed E-state index contributed by atoms with van der Waals surface area (Å²) in [6.07, 6.45) is -6.01. The van der Waals surface area contributed by atoms with Gasteiger partial charge in [0.05, 0.1) is 22.3 Å². The Morgan fingerprint density at radius 3 is 2.37 bits per heavy atom. The van der Waals surface area contributed by atoms with E-state index in [2.05, 4.69) is 20.7 Å². The molecular formula is C21H23ClF5N7O3S. The molecule has 1 aromatic carbocycles. The zero-order valence-electron chi connectivity index (χ0n) is 19.7. The number of hydrogen-bond acceptors (Lipinski definition) is 6. The third kappa shape index (κ3) is 6.14. The second-order valence-corrected chi connectivity index (χ2v) is 10.1. The van der Waals surface area contributed by atoms with Gasteiger partial charge in [-0.15, -0.1) is 12.4 Å². The second kappa shape index (κ2) is 11.3. The van der Waals surface area contributed by atoms with Crippen LogP contribution in [-0.4, -0.2) is 70.6 Å². The molecule has 1 fully saturated rings. The number of rotatable bonds is 7. The summed E-state index contributed by atoms with van der Waals surface area (Å²) in [6.45, 7) is 0.709. The Bertz CT molecular complexity index is 1390. The predicted octanol–water partition coefficient (Wildman–Crippen LogP) is 2.84. The highest BCUT2D eigenvalue weighted by Gasteiger charge is 2.39. The Labute approximate surface area is 220 Å². The van der Waals surface area contributed by atoms with E-state index in [0.29, 0.717) is 30.9 Å². The van der Waals surface area contributed by atoms with Crippen LogP contribution in [-0.2, 0) is 29.8 Å². The number of halogens is 6. The van der Waals surface area contributed by atoms with E-state index in [0.717, 1.165) is 17.0 Å². The lowest BCUT2D eigenvalue weighted by molar-refractivity contribution is -0.141. The second-order valence-electron chi connectivity index (χ2n) is 8.16. The molecule has 1 aliphatic heterocycles. The minimum atomic E-state index is -4.93.